The van der Waals surface area contributed by atoms with Crippen LogP contribution in [0.3, 0.4) is 0 Å². The molecule has 158 valence electrons. The SMILES string of the molecule is COCCCN(C[C@@H]1CCCN2CCCC[C@H]12)C(=O)c1cc(CC(C)C)[nH]n1. The van der Waals surface area contributed by atoms with E-state index in [1.165, 1.54) is 45.2 Å². The molecule has 2 aliphatic heterocycles. The number of piperidine rings is 2. The van der Waals surface area contributed by atoms with Gasteiger partial charge in [0.25, 0.3) is 5.91 Å². The summed E-state index contributed by atoms with van der Waals surface area (Å²) in [5.74, 6) is 1.19. The van der Waals surface area contributed by atoms with Crippen molar-refractivity contribution >= 4 is 5.91 Å². The van der Waals surface area contributed by atoms with E-state index >= 15 is 0 Å². The Morgan fingerprint density at radius 3 is 2.93 bits per heavy atom. The topological polar surface area (TPSA) is 61.5 Å². The number of rotatable bonds is 9. The molecule has 0 aromatic carbocycles. The van der Waals surface area contributed by atoms with Crippen LogP contribution in [0.4, 0.5) is 0 Å². The van der Waals surface area contributed by atoms with Crippen LogP contribution in [0.1, 0.15) is 68.6 Å². The van der Waals surface area contributed by atoms with Gasteiger partial charge in [-0.05, 0) is 69.5 Å². The molecule has 0 bridgehead atoms. The summed E-state index contributed by atoms with van der Waals surface area (Å²) in [4.78, 5) is 18.0. The van der Waals surface area contributed by atoms with Gasteiger partial charge in [-0.3, -0.25) is 9.89 Å². The normalized spacial score (nSPS) is 23.0. The Balaban J connectivity index is 1.68. The summed E-state index contributed by atoms with van der Waals surface area (Å²) in [5.41, 5.74) is 1.61. The number of carbonyl (C=O) groups excluding carboxylic acids is 1. The van der Waals surface area contributed by atoms with E-state index < -0.39 is 0 Å². The zero-order valence-corrected chi connectivity index (χ0v) is 18.0. The molecule has 2 atom stereocenters. The molecule has 0 unspecified atom stereocenters. The Hall–Kier alpha value is -1.40. The number of methoxy groups -OCH3 is 1. The Morgan fingerprint density at radius 2 is 2.14 bits per heavy atom. The van der Waals surface area contributed by atoms with Gasteiger partial charge >= 0.3 is 0 Å². The van der Waals surface area contributed by atoms with E-state index in [9.17, 15) is 4.79 Å². The second-order valence-electron chi connectivity index (χ2n) is 8.98. The minimum Gasteiger partial charge on any atom is -0.385 e. The molecule has 3 rings (SSSR count). The van der Waals surface area contributed by atoms with Crippen LogP contribution in [0, 0.1) is 11.8 Å². The summed E-state index contributed by atoms with van der Waals surface area (Å²) >= 11 is 0. The monoisotopic (exact) mass is 390 g/mol. The molecule has 1 aromatic rings. The number of hydrogen-bond acceptors (Lipinski definition) is 4. The minimum atomic E-state index is 0.0651. The minimum absolute atomic E-state index is 0.0651. The first-order valence-electron chi connectivity index (χ1n) is 11.1. The van der Waals surface area contributed by atoms with Crippen LogP contribution in [0.15, 0.2) is 6.07 Å². The number of carbonyl (C=O) groups is 1. The summed E-state index contributed by atoms with van der Waals surface area (Å²) in [7, 11) is 1.72. The van der Waals surface area contributed by atoms with Crippen molar-refractivity contribution in [1.82, 2.24) is 20.0 Å². The number of amides is 1. The van der Waals surface area contributed by atoms with E-state index in [4.69, 9.17) is 4.74 Å². The number of ether oxygens (including phenoxy) is 1. The van der Waals surface area contributed by atoms with E-state index in [1.807, 2.05) is 11.0 Å². The van der Waals surface area contributed by atoms with Crippen molar-refractivity contribution in [2.75, 3.05) is 39.9 Å². The van der Waals surface area contributed by atoms with Crippen LogP contribution < -0.4 is 0 Å². The van der Waals surface area contributed by atoms with E-state index in [2.05, 4.69) is 28.9 Å². The lowest BCUT2D eigenvalue weighted by Gasteiger charge is -2.45. The number of H-pyrrole nitrogens is 1. The first-order valence-corrected chi connectivity index (χ1v) is 11.1. The van der Waals surface area contributed by atoms with Crippen LogP contribution in [-0.4, -0.2) is 71.8 Å². The summed E-state index contributed by atoms with van der Waals surface area (Å²) in [6.07, 6.45) is 8.21. The van der Waals surface area contributed by atoms with E-state index in [1.54, 1.807) is 7.11 Å². The van der Waals surface area contributed by atoms with Crippen molar-refractivity contribution in [3.05, 3.63) is 17.5 Å². The lowest BCUT2D eigenvalue weighted by Crippen LogP contribution is -2.51. The Labute approximate surface area is 170 Å². The molecule has 0 spiro atoms. The summed E-state index contributed by atoms with van der Waals surface area (Å²) in [5, 5.41) is 7.39. The van der Waals surface area contributed by atoms with Crippen molar-refractivity contribution in [1.29, 1.82) is 0 Å². The fourth-order valence-electron chi connectivity index (χ4n) is 4.93. The highest BCUT2D eigenvalue weighted by molar-refractivity contribution is 5.92. The molecule has 1 N–H and O–H groups in total. The van der Waals surface area contributed by atoms with Crippen LogP contribution in [0.25, 0.3) is 0 Å². The van der Waals surface area contributed by atoms with Crippen molar-refractivity contribution in [2.45, 2.75) is 64.8 Å². The predicted octanol–water partition coefficient (Wildman–Crippen LogP) is 3.35. The molecule has 3 heterocycles. The van der Waals surface area contributed by atoms with E-state index in [-0.39, 0.29) is 5.91 Å². The third-order valence-corrected chi connectivity index (χ3v) is 6.23. The lowest BCUT2D eigenvalue weighted by atomic mass is 9.83. The van der Waals surface area contributed by atoms with Crippen molar-refractivity contribution < 1.29 is 9.53 Å². The standard InChI is InChI=1S/C22H38N4O2/c1-17(2)14-19-15-20(24-23-19)22(27)26(12-7-13-28-3)16-18-8-6-11-25-10-5-4-9-21(18)25/h15,17-18,21H,4-14,16H2,1-3H3,(H,23,24)/t18-,21+/m0/s1. The maximum absolute atomic E-state index is 13.3. The number of aromatic amines is 1. The van der Waals surface area contributed by atoms with Crippen LogP contribution in [-0.2, 0) is 11.2 Å². The van der Waals surface area contributed by atoms with Gasteiger partial charge in [0.1, 0.15) is 5.69 Å². The van der Waals surface area contributed by atoms with Crippen molar-refractivity contribution in [3.63, 3.8) is 0 Å². The highest BCUT2D eigenvalue weighted by Crippen LogP contribution is 2.31. The number of hydrogen-bond donors (Lipinski definition) is 1. The Kier molecular flexibility index (Phi) is 7.91. The molecule has 28 heavy (non-hydrogen) atoms. The van der Waals surface area contributed by atoms with Gasteiger partial charge in [0, 0.05) is 38.5 Å². The average Bonchev–Trinajstić information content (AvgIpc) is 3.14. The zero-order chi connectivity index (χ0) is 19.9. The Bertz CT molecular complexity index is 613. The molecule has 1 aromatic heterocycles. The van der Waals surface area contributed by atoms with Crippen LogP contribution in [0.2, 0.25) is 0 Å². The van der Waals surface area contributed by atoms with Gasteiger partial charge in [-0.1, -0.05) is 20.3 Å². The number of nitrogens with one attached hydrogen (secondary N) is 1. The summed E-state index contributed by atoms with van der Waals surface area (Å²) < 4.78 is 5.23. The van der Waals surface area contributed by atoms with Gasteiger partial charge in [0.15, 0.2) is 0 Å². The number of aromatic nitrogens is 2. The van der Waals surface area contributed by atoms with E-state index in [0.29, 0.717) is 30.2 Å². The largest absolute Gasteiger partial charge is 0.385 e. The van der Waals surface area contributed by atoms with Crippen molar-refractivity contribution in [2.24, 2.45) is 11.8 Å². The van der Waals surface area contributed by atoms with Gasteiger partial charge in [-0.25, -0.2) is 0 Å². The molecule has 1 amide bonds. The van der Waals surface area contributed by atoms with Gasteiger partial charge in [-0.15, -0.1) is 0 Å². The summed E-state index contributed by atoms with van der Waals surface area (Å²) in [6, 6.07) is 2.59. The van der Waals surface area contributed by atoms with Gasteiger partial charge in [0.05, 0.1) is 0 Å². The fraction of sp³-hybridized carbons (Fsp3) is 0.818. The first kappa shape index (κ1) is 21.3. The first-order chi connectivity index (χ1) is 13.6. The Morgan fingerprint density at radius 1 is 1.32 bits per heavy atom. The summed E-state index contributed by atoms with van der Waals surface area (Å²) in [6.45, 7) is 9.09. The molecule has 6 heteroatoms. The van der Waals surface area contributed by atoms with E-state index in [0.717, 1.165) is 31.6 Å². The molecule has 2 saturated heterocycles. The highest BCUT2D eigenvalue weighted by atomic mass is 16.5. The van der Waals surface area contributed by atoms with Crippen LogP contribution >= 0.6 is 0 Å². The molecule has 2 aliphatic rings. The zero-order valence-electron chi connectivity index (χ0n) is 18.0. The maximum Gasteiger partial charge on any atom is 0.274 e. The van der Waals surface area contributed by atoms with Gasteiger partial charge < -0.3 is 14.5 Å². The third kappa shape index (κ3) is 5.57. The smallest absolute Gasteiger partial charge is 0.274 e. The fourth-order valence-corrected chi connectivity index (χ4v) is 4.93. The second kappa shape index (κ2) is 10.4. The van der Waals surface area contributed by atoms with Gasteiger partial charge in [0.2, 0.25) is 0 Å². The molecule has 0 aliphatic carbocycles. The third-order valence-electron chi connectivity index (χ3n) is 6.23. The quantitative estimate of drug-likeness (QED) is 0.657. The maximum atomic E-state index is 13.3. The van der Waals surface area contributed by atoms with Crippen molar-refractivity contribution in [3.8, 4) is 0 Å². The lowest BCUT2D eigenvalue weighted by molar-refractivity contribution is 0.0344. The van der Waals surface area contributed by atoms with Gasteiger partial charge in [-0.2, -0.15) is 5.10 Å². The molecular weight excluding hydrogens is 352 g/mol. The molecule has 0 saturated carbocycles. The second-order valence-corrected chi connectivity index (χ2v) is 8.98. The number of nitrogens with zero attached hydrogens (tertiary/aromatic N) is 3. The number of fused-ring (bicyclic) bond motifs is 1. The molecule has 2 fully saturated rings. The molecular formula is C22H38N4O2. The highest BCUT2D eigenvalue weighted by Gasteiger charge is 2.35. The van der Waals surface area contributed by atoms with Crippen LogP contribution in [0.5, 0.6) is 0 Å². The molecule has 0 radical (unpaired) electrons. The molecule has 6 nitrogen and oxygen atoms in total. The average molecular weight is 391 g/mol. The predicted molar refractivity (Wildman–Crippen MR) is 111 cm³/mol.